The number of hydrogen-bond acceptors (Lipinski definition) is 2. The van der Waals surface area contributed by atoms with Crippen molar-refractivity contribution < 1.29 is 0 Å². The third-order valence-electron chi connectivity index (χ3n) is 3.26. The molecule has 0 bridgehead atoms. The molecule has 2 aromatic rings. The molecule has 2 rings (SSSR count). The maximum absolute atomic E-state index is 6.44. The lowest BCUT2D eigenvalue weighted by molar-refractivity contribution is 0.859. The molecular weight excluding hydrogens is 306 g/mol. The molecule has 96 valence electrons. The second-order valence-corrected chi connectivity index (χ2v) is 6.15. The summed E-state index contributed by atoms with van der Waals surface area (Å²) in [7, 11) is 0. The number of halogens is 1. The van der Waals surface area contributed by atoms with Crippen molar-refractivity contribution in [1.82, 2.24) is 0 Å². The predicted molar refractivity (Wildman–Crippen MR) is 83.2 cm³/mol. The summed E-state index contributed by atoms with van der Waals surface area (Å²) in [5, 5.41) is 2.08. The van der Waals surface area contributed by atoms with E-state index in [0.717, 1.165) is 17.3 Å². The Balaban J connectivity index is 2.45. The molecule has 2 N–H and O–H groups in total. The zero-order valence-corrected chi connectivity index (χ0v) is 13.1. The molecule has 0 fully saturated rings. The first-order valence-electron chi connectivity index (χ1n) is 6.27. The Labute approximate surface area is 121 Å². The van der Waals surface area contributed by atoms with Gasteiger partial charge in [-0.1, -0.05) is 32.0 Å². The Morgan fingerprint density at radius 3 is 2.56 bits per heavy atom. The summed E-state index contributed by atoms with van der Waals surface area (Å²) in [6, 6.07) is 8.72. The minimum absolute atomic E-state index is 0.0270. The van der Waals surface area contributed by atoms with E-state index in [1.165, 1.54) is 21.6 Å². The lowest BCUT2D eigenvalue weighted by Crippen LogP contribution is -2.13. The highest BCUT2D eigenvalue weighted by atomic mass is 79.9. The molecule has 0 aliphatic heterocycles. The normalized spacial score (nSPS) is 12.7. The Kier molecular flexibility index (Phi) is 4.60. The van der Waals surface area contributed by atoms with Gasteiger partial charge >= 0.3 is 0 Å². The van der Waals surface area contributed by atoms with Crippen molar-refractivity contribution in [1.29, 1.82) is 0 Å². The van der Waals surface area contributed by atoms with Crippen molar-refractivity contribution in [3.05, 3.63) is 55.7 Å². The molecule has 18 heavy (non-hydrogen) atoms. The quantitative estimate of drug-likeness (QED) is 0.868. The van der Waals surface area contributed by atoms with Gasteiger partial charge in [0.05, 0.1) is 6.04 Å². The van der Waals surface area contributed by atoms with E-state index in [9.17, 15) is 0 Å². The molecule has 1 heterocycles. The van der Waals surface area contributed by atoms with E-state index >= 15 is 0 Å². The number of thiophene rings is 1. The highest BCUT2D eigenvalue weighted by Crippen LogP contribution is 2.33. The third-order valence-corrected chi connectivity index (χ3v) is 5.22. The number of rotatable bonds is 4. The summed E-state index contributed by atoms with van der Waals surface area (Å²) < 4.78 is 1.11. The van der Waals surface area contributed by atoms with E-state index < -0.39 is 0 Å². The van der Waals surface area contributed by atoms with Gasteiger partial charge in [-0.05, 0) is 56.9 Å². The molecule has 0 aliphatic rings. The molecule has 1 aromatic heterocycles. The van der Waals surface area contributed by atoms with Gasteiger partial charge in [-0.15, -0.1) is 11.3 Å². The Bertz CT molecular complexity index is 533. The maximum Gasteiger partial charge on any atom is 0.0660 e. The van der Waals surface area contributed by atoms with E-state index in [1.54, 1.807) is 11.3 Å². The van der Waals surface area contributed by atoms with Crippen molar-refractivity contribution in [2.75, 3.05) is 0 Å². The molecule has 1 unspecified atom stereocenters. The van der Waals surface area contributed by atoms with Crippen LogP contribution in [0.15, 0.2) is 34.1 Å². The van der Waals surface area contributed by atoms with Crippen LogP contribution in [0.2, 0.25) is 0 Å². The highest BCUT2D eigenvalue weighted by molar-refractivity contribution is 9.10. The zero-order chi connectivity index (χ0) is 13.1. The van der Waals surface area contributed by atoms with Crippen molar-refractivity contribution in [2.24, 2.45) is 5.73 Å². The van der Waals surface area contributed by atoms with Crippen LogP contribution in [0.5, 0.6) is 0 Å². The van der Waals surface area contributed by atoms with Gasteiger partial charge in [0.15, 0.2) is 0 Å². The average molecular weight is 324 g/mol. The van der Waals surface area contributed by atoms with E-state index in [1.807, 2.05) is 0 Å². The minimum Gasteiger partial charge on any atom is -0.320 e. The highest BCUT2D eigenvalue weighted by Gasteiger charge is 2.16. The summed E-state index contributed by atoms with van der Waals surface area (Å²) in [6.07, 6.45) is 2.07. The molecule has 1 atom stereocenters. The summed E-state index contributed by atoms with van der Waals surface area (Å²) in [6.45, 7) is 4.36. The van der Waals surface area contributed by atoms with Gasteiger partial charge in [-0.2, -0.15) is 0 Å². The summed E-state index contributed by atoms with van der Waals surface area (Å²) in [5.74, 6) is 0. The summed E-state index contributed by atoms with van der Waals surface area (Å²) in [5.41, 5.74) is 10.4. The van der Waals surface area contributed by atoms with Crippen LogP contribution in [0.3, 0.4) is 0 Å². The zero-order valence-electron chi connectivity index (χ0n) is 10.7. The fourth-order valence-electron chi connectivity index (χ4n) is 2.14. The average Bonchev–Trinajstić information content (AvgIpc) is 2.83. The van der Waals surface area contributed by atoms with Gasteiger partial charge in [0, 0.05) is 9.35 Å². The van der Waals surface area contributed by atoms with Gasteiger partial charge in [-0.25, -0.2) is 0 Å². The van der Waals surface area contributed by atoms with Crippen molar-refractivity contribution >= 4 is 27.3 Å². The van der Waals surface area contributed by atoms with Crippen molar-refractivity contribution in [3.63, 3.8) is 0 Å². The molecule has 0 saturated heterocycles. The van der Waals surface area contributed by atoms with Crippen LogP contribution < -0.4 is 5.73 Å². The van der Waals surface area contributed by atoms with Gasteiger partial charge in [0.25, 0.3) is 0 Å². The molecule has 0 saturated carbocycles. The first-order chi connectivity index (χ1) is 8.67. The molecule has 3 heteroatoms. The van der Waals surface area contributed by atoms with Crippen LogP contribution in [0, 0.1) is 0 Å². The number of benzene rings is 1. The summed E-state index contributed by atoms with van der Waals surface area (Å²) >= 11 is 5.29. The van der Waals surface area contributed by atoms with Gasteiger partial charge < -0.3 is 5.73 Å². The minimum atomic E-state index is -0.0270. The summed E-state index contributed by atoms with van der Waals surface area (Å²) in [4.78, 5) is 1.21. The van der Waals surface area contributed by atoms with Crippen LogP contribution >= 0.6 is 27.3 Å². The Morgan fingerprint density at radius 2 is 2.00 bits per heavy atom. The van der Waals surface area contributed by atoms with Gasteiger partial charge in [0.2, 0.25) is 0 Å². The van der Waals surface area contributed by atoms with Crippen LogP contribution in [-0.4, -0.2) is 0 Å². The fourth-order valence-corrected chi connectivity index (χ4v) is 3.78. The van der Waals surface area contributed by atoms with Gasteiger partial charge in [0.1, 0.15) is 0 Å². The van der Waals surface area contributed by atoms with Crippen LogP contribution in [0.1, 0.15) is 41.5 Å². The molecule has 1 nitrogen and oxygen atoms in total. The second kappa shape index (κ2) is 6.00. The Morgan fingerprint density at radius 1 is 1.22 bits per heavy atom. The first-order valence-corrected chi connectivity index (χ1v) is 7.94. The lowest BCUT2D eigenvalue weighted by atomic mass is 9.95. The second-order valence-electron chi connectivity index (χ2n) is 4.35. The molecular formula is C15H18BrNS. The molecule has 0 radical (unpaired) electrons. The number of hydrogen-bond donors (Lipinski definition) is 1. The largest absolute Gasteiger partial charge is 0.320 e. The molecule has 0 spiro atoms. The lowest BCUT2D eigenvalue weighted by Gasteiger charge is -2.16. The first kappa shape index (κ1) is 13.8. The Hall–Kier alpha value is -0.640. The fraction of sp³-hybridized carbons (Fsp3) is 0.333. The topological polar surface area (TPSA) is 26.0 Å². The van der Waals surface area contributed by atoms with Crippen molar-refractivity contribution in [2.45, 2.75) is 32.7 Å². The monoisotopic (exact) mass is 323 g/mol. The van der Waals surface area contributed by atoms with E-state index in [0.29, 0.717) is 0 Å². The van der Waals surface area contributed by atoms with E-state index in [4.69, 9.17) is 5.73 Å². The number of nitrogens with two attached hydrogens (primary N) is 1. The molecule has 1 aromatic carbocycles. The molecule has 0 aliphatic carbocycles. The smallest absolute Gasteiger partial charge is 0.0660 e. The standard InChI is InChI=1S/C15H18BrNS/c1-3-10-5-6-11(4-2)12(9-10)14(17)15-13(16)7-8-18-15/h5-9,14H,3-4,17H2,1-2H3. The SMILES string of the molecule is CCc1ccc(CC)c(C(N)c2sccc2Br)c1. The van der Waals surface area contributed by atoms with Crippen LogP contribution in [0.4, 0.5) is 0 Å². The number of aryl methyl sites for hydroxylation is 2. The van der Waals surface area contributed by atoms with E-state index in [2.05, 4.69) is 59.4 Å². The third kappa shape index (κ3) is 2.68. The van der Waals surface area contributed by atoms with Crippen LogP contribution in [0.25, 0.3) is 0 Å². The van der Waals surface area contributed by atoms with Crippen LogP contribution in [-0.2, 0) is 12.8 Å². The predicted octanol–water partition coefficient (Wildman–Crippen LogP) is 4.68. The molecule has 0 amide bonds. The van der Waals surface area contributed by atoms with Gasteiger partial charge in [-0.3, -0.25) is 0 Å². The maximum atomic E-state index is 6.44. The van der Waals surface area contributed by atoms with Crippen molar-refractivity contribution in [3.8, 4) is 0 Å². The van der Waals surface area contributed by atoms with E-state index in [-0.39, 0.29) is 6.04 Å².